The Hall–Kier alpha value is -0.320. The van der Waals surface area contributed by atoms with Crippen LogP contribution >= 0.6 is 23.2 Å². The van der Waals surface area contributed by atoms with Gasteiger partial charge >= 0.3 is 0 Å². The summed E-state index contributed by atoms with van der Waals surface area (Å²) < 4.78 is 0. The quantitative estimate of drug-likeness (QED) is 0.885. The van der Waals surface area contributed by atoms with Crippen LogP contribution in [0.1, 0.15) is 17.2 Å². The highest BCUT2D eigenvalue weighted by atomic mass is 35.5. The molecule has 3 N–H and O–H groups in total. The van der Waals surface area contributed by atoms with Gasteiger partial charge in [0, 0.05) is 29.6 Å². The molecule has 0 bridgehead atoms. The molecule has 0 aliphatic heterocycles. The Morgan fingerprint density at radius 2 is 2.18 bits per heavy atom. The van der Waals surface area contributed by atoms with Crippen LogP contribution in [0, 0.1) is 0 Å². The Kier molecular flexibility index (Phi) is 3.95. The molecule has 1 aromatic carbocycles. The zero-order valence-corrected chi connectivity index (χ0v) is 11.2. The van der Waals surface area contributed by atoms with Crippen LogP contribution in [0.4, 0.5) is 0 Å². The third kappa shape index (κ3) is 2.44. The molecule has 0 heterocycles. The van der Waals surface area contributed by atoms with Gasteiger partial charge in [0.15, 0.2) is 0 Å². The van der Waals surface area contributed by atoms with E-state index < -0.39 is 6.10 Å². The van der Waals surface area contributed by atoms with Gasteiger partial charge in [-0.2, -0.15) is 0 Å². The van der Waals surface area contributed by atoms with E-state index in [1.165, 1.54) is 0 Å². The molecule has 0 aromatic heterocycles. The fourth-order valence-corrected chi connectivity index (χ4v) is 3.09. The van der Waals surface area contributed by atoms with E-state index in [2.05, 4.69) is 0 Å². The minimum Gasteiger partial charge on any atom is -0.391 e. The van der Waals surface area contributed by atoms with E-state index >= 15 is 0 Å². The molecule has 0 amide bonds. The molecule has 94 valence electrons. The van der Waals surface area contributed by atoms with Crippen LogP contribution in [0.15, 0.2) is 12.1 Å². The summed E-state index contributed by atoms with van der Waals surface area (Å²) in [5.74, 6) is 0. The summed E-state index contributed by atoms with van der Waals surface area (Å²) in [6, 6.07) is 3.54. The molecule has 0 saturated carbocycles. The number of hydrogen-bond donors (Lipinski definition) is 2. The summed E-state index contributed by atoms with van der Waals surface area (Å²) in [4.78, 5) is 2.04. The summed E-state index contributed by atoms with van der Waals surface area (Å²) in [6.45, 7) is 1.29. The molecule has 0 radical (unpaired) electrons. The Morgan fingerprint density at radius 3 is 2.82 bits per heavy atom. The first kappa shape index (κ1) is 13.1. The zero-order chi connectivity index (χ0) is 12.6. The Bertz CT molecular complexity index is 425. The number of benzene rings is 1. The van der Waals surface area contributed by atoms with Gasteiger partial charge < -0.3 is 10.8 Å². The lowest BCUT2D eigenvalue weighted by Crippen LogP contribution is -2.34. The average Bonchev–Trinajstić information content (AvgIpc) is 2.55. The van der Waals surface area contributed by atoms with Crippen molar-refractivity contribution in [2.24, 2.45) is 5.73 Å². The topological polar surface area (TPSA) is 49.5 Å². The van der Waals surface area contributed by atoms with Gasteiger partial charge in [-0.1, -0.05) is 23.2 Å². The van der Waals surface area contributed by atoms with Gasteiger partial charge in [0.1, 0.15) is 0 Å². The summed E-state index contributed by atoms with van der Waals surface area (Å²) >= 11 is 12.2. The predicted molar refractivity (Wildman–Crippen MR) is 70.6 cm³/mol. The van der Waals surface area contributed by atoms with E-state index in [1.807, 2.05) is 18.0 Å². The van der Waals surface area contributed by atoms with Gasteiger partial charge in [0.25, 0.3) is 0 Å². The number of aliphatic hydroxyl groups is 1. The predicted octanol–water partition coefficient (Wildman–Crippen LogP) is 1.84. The molecule has 1 aliphatic rings. The lowest BCUT2D eigenvalue weighted by Gasteiger charge is -2.27. The van der Waals surface area contributed by atoms with Crippen molar-refractivity contribution < 1.29 is 5.11 Å². The molecule has 0 spiro atoms. The molecule has 2 atom stereocenters. The molecule has 3 nitrogen and oxygen atoms in total. The highest BCUT2D eigenvalue weighted by Gasteiger charge is 2.35. The number of fused-ring (bicyclic) bond motifs is 1. The maximum atomic E-state index is 10.1. The SMILES string of the molecule is CN(CCN)C1c2cc(Cl)cc(Cl)c2CC1O. The third-order valence-electron chi connectivity index (χ3n) is 3.25. The lowest BCUT2D eigenvalue weighted by atomic mass is 10.1. The molecule has 1 aromatic rings. The standard InChI is InChI=1S/C12H16Cl2N2O/c1-16(3-2-15)12-9-4-7(13)5-10(14)8(9)6-11(12)17/h4-5,11-12,17H,2-3,6,15H2,1H3. The van der Waals surface area contributed by atoms with Crippen LogP contribution in [-0.4, -0.2) is 36.2 Å². The second kappa shape index (κ2) is 5.12. The molecule has 0 fully saturated rings. The molecular formula is C12H16Cl2N2O. The fraction of sp³-hybridized carbons (Fsp3) is 0.500. The number of nitrogens with two attached hydrogens (primary N) is 1. The van der Waals surface area contributed by atoms with Gasteiger partial charge in [-0.05, 0) is 30.3 Å². The first-order valence-corrected chi connectivity index (χ1v) is 6.36. The van der Waals surface area contributed by atoms with Gasteiger partial charge in [-0.3, -0.25) is 4.90 Å². The number of rotatable bonds is 3. The lowest BCUT2D eigenvalue weighted by molar-refractivity contribution is 0.0781. The monoisotopic (exact) mass is 274 g/mol. The van der Waals surface area contributed by atoms with Crippen LogP contribution < -0.4 is 5.73 Å². The third-order valence-corrected chi connectivity index (χ3v) is 3.80. The molecule has 0 saturated heterocycles. The minimum absolute atomic E-state index is 0.0650. The summed E-state index contributed by atoms with van der Waals surface area (Å²) in [5, 5.41) is 11.4. The van der Waals surface area contributed by atoms with Crippen molar-refractivity contribution in [2.75, 3.05) is 20.1 Å². The Balaban J connectivity index is 2.39. The summed E-state index contributed by atoms with van der Waals surface area (Å²) in [5.41, 5.74) is 7.56. The maximum Gasteiger partial charge on any atom is 0.0777 e. The van der Waals surface area contributed by atoms with Crippen molar-refractivity contribution in [1.29, 1.82) is 0 Å². The van der Waals surface area contributed by atoms with Gasteiger partial charge in [-0.15, -0.1) is 0 Å². The maximum absolute atomic E-state index is 10.1. The van der Waals surface area contributed by atoms with Gasteiger partial charge in [0.2, 0.25) is 0 Å². The molecule has 17 heavy (non-hydrogen) atoms. The number of nitrogens with zero attached hydrogens (tertiary/aromatic N) is 1. The molecule has 2 unspecified atom stereocenters. The normalized spacial score (nSPS) is 23.2. The second-order valence-corrected chi connectivity index (χ2v) is 5.28. The highest BCUT2D eigenvalue weighted by Crippen LogP contribution is 2.40. The van der Waals surface area contributed by atoms with E-state index in [0.29, 0.717) is 23.0 Å². The first-order valence-electron chi connectivity index (χ1n) is 5.60. The molecular weight excluding hydrogens is 259 g/mol. The number of halogens is 2. The van der Waals surface area contributed by atoms with E-state index in [1.54, 1.807) is 6.07 Å². The zero-order valence-electron chi connectivity index (χ0n) is 9.66. The van der Waals surface area contributed by atoms with Crippen molar-refractivity contribution in [3.8, 4) is 0 Å². The van der Waals surface area contributed by atoms with Crippen LogP contribution in [0.5, 0.6) is 0 Å². The van der Waals surface area contributed by atoms with Crippen LogP contribution in [-0.2, 0) is 6.42 Å². The van der Waals surface area contributed by atoms with Crippen molar-refractivity contribution >= 4 is 23.2 Å². The van der Waals surface area contributed by atoms with Crippen molar-refractivity contribution in [1.82, 2.24) is 4.90 Å². The van der Waals surface area contributed by atoms with Crippen molar-refractivity contribution in [3.63, 3.8) is 0 Å². The second-order valence-electron chi connectivity index (χ2n) is 4.44. The largest absolute Gasteiger partial charge is 0.391 e. The minimum atomic E-state index is -0.447. The molecule has 1 aliphatic carbocycles. The summed E-state index contributed by atoms with van der Waals surface area (Å²) in [7, 11) is 1.95. The molecule has 5 heteroatoms. The van der Waals surface area contributed by atoms with E-state index in [4.69, 9.17) is 28.9 Å². The number of aliphatic hydroxyl groups excluding tert-OH is 1. The van der Waals surface area contributed by atoms with Crippen molar-refractivity contribution in [3.05, 3.63) is 33.3 Å². The van der Waals surface area contributed by atoms with Crippen LogP contribution in [0.25, 0.3) is 0 Å². The average molecular weight is 275 g/mol. The fourth-order valence-electron chi connectivity index (χ4n) is 2.50. The number of hydrogen-bond acceptors (Lipinski definition) is 3. The van der Waals surface area contributed by atoms with Crippen LogP contribution in [0.3, 0.4) is 0 Å². The van der Waals surface area contributed by atoms with Gasteiger partial charge in [0.05, 0.1) is 12.1 Å². The van der Waals surface area contributed by atoms with Gasteiger partial charge in [-0.25, -0.2) is 0 Å². The Labute approximate surface area is 111 Å². The smallest absolute Gasteiger partial charge is 0.0777 e. The van der Waals surface area contributed by atoms with Crippen molar-refractivity contribution in [2.45, 2.75) is 18.6 Å². The first-order chi connectivity index (χ1) is 8.04. The van der Waals surface area contributed by atoms with Crippen LogP contribution in [0.2, 0.25) is 10.0 Å². The van der Waals surface area contributed by atoms with E-state index in [0.717, 1.165) is 17.7 Å². The highest BCUT2D eigenvalue weighted by molar-refractivity contribution is 6.35. The summed E-state index contributed by atoms with van der Waals surface area (Å²) in [6.07, 6.45) is 0.128. The van der Waals surface area contributed by atoms with E-state index in [9.17, 15) is 5.11 Å². The van der Waals surface area contributed by atoms with E-state index in [-0.39, 0.29) is 6.04 Å². The Morgan fingerprint density at radius 1 is 1.47 bits per heavy atom. The number of likely N-dealkylation sites (N-methyl/N-ethyl adjacent to an activating group) is 1. The molecule has 2 rings (SSSR count).